The van der Waals surface area contributed by atoms with Crippen molar-refractivity contribution in [2.45, 2.75) is 13.0 Å². The Morgan fingerprint density at radius 1 is 1.64 bits per heavy atom. The summed E-state index contributed by atoms with van der Waals surface area (Å²) in [5.41, 5.74) is 5.92. The van der Waals surface area contributed by atoms with Gasteiger partial charge in [-0.05, 0) is 19.1 Å². The van der Waals surface area contributed by atoms with Crippen molar-refractivity contribution in [3.05, 3.63) is 23.2 Å². The third-order valence-corrected chi connectivity index (χ3v) is 1.86. The highest BCUT2D eigenvalue weighted by Gasteiger charge is 2.13. The fourth-order valence-electron chi connectivity index (χ4n) is 0.851. The Kier molecular flexibility index (Phi) is 3.19. The molecule has 0 heterocycles. The predicted molar refractivity (Wildman–Crippen MR) is 53.6 cm³/mol. The van der Waals surface area contributed by atoms with Crippen molar-refractivity contribution in [1.82, 2.24) is 0 Å². The average molecular weight is 216 g/mol. The van der Waals surface area contributed by atoms with E-state index in [1.807, 2.05) is 0 Å². The minimum atomic E-state index is -1.05. The molecule has 1 atom stereocenters. The second-order valence-corrected chi connectivity index (χ2v) is 3.22. The minimum Gasteiger partial charge on any atom is -0.479 e. The number of ether oxygens (including phenoxy) is 1. The fraction of sp³-hybridized carbons (Fsp3) is 0.222. The standard InChI is InChI=1S/C9H10ClNO3/c1-5(9(12)13)14-8-4-6(10)2-3-7(8)11/h2-5H,11H2,1H3,(H,12,13). The smallest absolute Gasteiger partial charge is 0.344 e. The monoisotopic (exact) mass is 215 g/mol. The van der Waals surface area contributed by atoms with Crippen molar-refractivity contribution in [2.24, 2.45) is 0 Å². The zero-order valence-corrected chi connectivity index (χ0v) is 8.28. The fourth-order valence-corrected chi connectivity index (χ4v) is 1.01. The number of carboxylic acid groups (broad SMARTS) is 1. The summed E-state index contributed by atoms with van der Waals surface area (Å²) >= 11 is 5.70. The van der Waals surface area contributed by atoms with Crippen LogP contribution in [0, 0.1) is 0 Å². The molecule has 1 aromatic rings. The Morgan fingerprint density at radius 3 is 2.86 bits per heavy atom. The van der Waals surface area contributed by atoms with Crippen LogP contribution in [0.5, 0.6) is 5.75 Å². The molecule has 1 rings (SSSR count). The molecule has 4 nitrogen and oxygen atoms in total. The van der Waals surface area contributed by atoms with Gasteiger partial charge in [-0.15, -0.1) is 0 Å². The number of anilines is 1. The second-order valence-electron chi connectivity index (χ2n) is 2.78. The normalized spacial score (nSPS) is 12.1. The zero-order valence-electron chi connectivity index (χ0n) is 7.53. The molecule has 0 spiro atoms. The van der Waals surface area contributed by atoms with Gasteiger partial charge in [-0.25, -0.2) is 4.79 Å². The van der Waals surface area contributed by atoms with E-state index in [-0.39, 0.29) is 5.75 Å². The summed E-state index contributed by atoms with van der Waals surface area (Å²) in [6.07, 6.45) is -0.948. The average Bonchev–Trinajstić information content (AvgIpc) is 2.11. The molecule has 0 radical (unpaired) electrons. The highest BCUT2D eigenvalue weighted by atomic mass is 35.5. The summed E-state index contributed by atoms with van der Waals surface area (Å²) in [4.78, 5) is 10.5. The maximum Gasteiger partial charge on any atom is 0.344 e. The number of rotatable bonds is 3. The third kappa shape index (κ3) is 2.53. The largest absolute Gasteiger partial charge is 0.479 e. The van der Waals surface area contributed by atoms with Gasteiger partial charge >= 0.3 is 5.97 Å². The number of halogens is 1. The first-order chi connectivity index (χ1) is 6.50. The Bertz CT molecular complexity index is 354. The molecule has 0 aromatic heterocycles. The van der Waals surface area contributed by atoms with Gasteiger partial charge in [0, 0.05) is 11.1 Å². The van der Waals surface area contributed by atoms with E-state index < -0.39 is 12.1 Å². The minimum absolute atomic E-state index is 0.285. The third-order valence-electron chi connectivity index (χ3n) is 1.63. The molecule has 0 saturated heterocycles. The molecule has 3 N–H and O–H groups in total. The van der Waals surface area contributed by atoms with Crippen molar-refractivity contribution in [3.8, 4) is 5.75 Å². The first-order valence-corrected chi connectivity index (χ1v) is 4.33. The topological polar surface area (TPSA) is 72.5 Å². The lowest BCUT2D eigenvalue weighted by molar-refractivity contribution is -0.144. The van der Waals surface area contributed by atoms with Crippen LogP contribution in [-0.4, -0.2) is 17.2 Å². The molecule has 0 aliphatic carbocycles. The van der Waals surface area contributed by atoms with Gasteiger partial charge in [-0.1, -0.05) is 11.6 Å². The quantitative estimate of drug-likeness (QED) is 0.754. The van der Waals surface area contributed by atoms with E-state index in [9.17, 15) is 4.79 Å². The summed E-state index contributed by atoms with van der Waals surface area (Å²) in [5, 5.41) is 9.06. The lowest BCUT2D eigenvalue weighted by Gasteiger charge is -2.12. The Hall–Kier alpha value is -1.42. The van der Waals surface area contributed by atoms with Crippen molar-refractivity contribution in [3.63, 3.8) is 0 Å². The van der Waals surface area contributed by atoms with Crippen molar-refractivity contribution in [1.29, 1.82) is 0 Å². The number of nitrogens with two attached hydrogens (primary N) is 1. The Balaban J connectivity index is 2.85. The molecule has 0 amide bonds. The molecule has 0 fully saturated rings. The van der Waals surface area contributed by atoms with E-state index in [1.165, 1.54) is 13.0 Å². The lowest BCUT2D eigenvalue weighted by atomic mass is 10.3. The van der Waals surface area contributed by atoms with Crippen LogP contribution in [0.2, 0.25) is 5.02 Å². The molecule has 0 aliphatic heterocycles. The van der Waals surface area contributed by atoms with Gasteiger partial charge in [0.15, 0.2) is 6.10 Å². The van der Waals surface area contributed by atoms with Gasteiger partial charge in [-0.3, -0.25) is 0 Å². The maximum absolute atomic E-state index is 10.5. The van der Waals surface area contributed by atoms with E-state index in [4.69, 9.17) is 27.2 Å². The first-order valence-electron chi connectivity index (χ1n) is 3.95. The maximum atomic E-state index is 10.5. The number of benzene rings is 1. The van der Waals surface area contributed by atoms with Gasteiger partial charge < -0.3 is 15.6 Å². The molecule has 0 saturated carbocycles. The molecule has 1 aromatic carbocycles. The SMILES string of the molecule is CC(Oc1cc(Cl)ccc1N)C(=O)O. The first kappa shape index (κ1) is 10.7. The van der Waals surface area contributed by atoms with Gasteiger partial charge in [0.2, 0.25) is 0 Å². The van der Waals surface area contributed by atoms with Crippen LogP contribution >= 0.6 is 11.6 Å². The van der Waals surface area contributed by atoms with Crippen LogP contribution in [0.3, 0.4) is 0 Å². The van der Waals surface area contributed by atoms with Crippen molar-refractivity contribution >= 4 is 23.3 Å². The second kappa shape index (κ2) is 4.19. The van der Waals surface area contributed by atoms with Crippen LogP contribution in [0.15, 0.2) is 18.2 Å². The number of carboxylic acids is 1. The molecular formula is C9H10ClNO3. The number of aliphatic carboxylic acids is 1. The lowest BCUT2D eigenvalue weighted by Crippen LogP contribution is -2.23. The van der Waals surface area contributed by atoms with E-state index in [1.54, 1.807) is 12.1 Å². The van der Waals surface area contributed by atoms with Gasteiger partial charge in [0.05, 0.1) is 5.69 Å². The number of hydrogen-bond acceptors (Lipinski definition) is 3. The summed E-state index contributed by atoms with van der Waals surface area (Å²) in [5.74, 6) is -0.767. The van der Waals surface area contributed by atoms with E-state index in [2.05, 4.69) is 0 Å². The van der Waals surface area contributed by atoms with Crippen LogP contribution in [0.4, 0.5) is 5.69 Å². The summed E-state index contributed by atoms with van der Waals surface area (Å²) in [7, 11) is 0. The van der Waals surface area contributed by atoms with E-state index in [0.29, 0.717) is 10.7 Å². The summed E-state index contributed by atoms with van der Waals surface area (Å²) in [6.45, 7) is 1.42. The highest BCUT2D eigenvalue weighted by molar-refractivity contribution is 6.30. The van der Waals surface area contributed by atoms with Gasteiger partial charge in [0.1, 0.15) is 5.75 Å². The molecule has 14 heavy (non-hydrogen) atoms. The predicted octanol–water partition coefficient (Wildman–Crippen LogP) is 1.77. The number of nitrogen functional groups attached to an aromatic ring is 1. The van der Waals surface area contributed by atoms with Crippen molar-refractivity contribution < 1.29 is 14.6 Å². The summed E-state index contributed by atoms with van der Waals surface area (Å²) < 4.78 is 5.08. The Morgan fingerprint density at radius 2 is 2.29 bits per heavy atom. The number of hydrogen-bond donors (Lipinski definition) is 2. The zero-order chi connectivity index (χ0) is 10.7. The molecule has 0 aliphatic rings. The molecule has 1 unspecified atom stereocenters. The van der Waals surface area contributed by atoms with Crippen LogP contribution in [-0.2, 0) is 4.79 Å². The van der Waals surface area contributed by atoms with E-state index >= 15 is 0 Å². The van der Waals surface area contributed by atoms with Crippen LogP contribution in [0.25, 0.3) is 0 Å². The van der Waals surface area contributed by atoms with E-state index in [0.717, 1.165) is 0 Å². The van der Waals surface area contributed by atoms with Crippen molar-refractivity contribution in [2.75, 3.05) is 5.73 Å². The number of carbonyl (C=O) groups is 1. The molecule has 5 heteroatoms. The molecule has 0 bridgehead atoms. The molecule has 76 valence electrons. The van der Waals surface area contributed by atoms with Gasteiger partial charge in [-0.2, -0.15) is 0 Å². The highest BCUT2D eigenvalue weighted by Crippen LogP contribution is 2.26. The molecular weight excluding hydrogens is 206 g/mol. The van der Waals surface area contributed by atoms with Gasteiger partial charge in [0.25, 0.3) is 0 Å². The van der Waals surface area contributed by atoms with Crippen LogP contribution < -0.4 is 10.5 Å². The summed E-state index contributed by atoms with van der Waals surface area (Å²) in [6, 6.07) is 4.65. The Labute approximate surface area is 86.2 Å². The van der Waals surface area contributed by atoms with Crippen LogP contribution in [0.1, 0.15) is 6.92 Å².